The molecule has 0 saturated carbocycles. The molecule has 27 heavy (non-hydrogen) atoms. The molecule has 0 fully saturated rings. The molecule has 1 N–H and O–H groups in total. The highest BCUT2D eigenvalue weighted by Crippen LogP contribution is 2.27. The number of nitrogens with zero attached hydrogens (tertiary/aromatic N) is 2. The van der Waals surface area contributed by atoms with Gasteiger partial charge in [-0.1, -0.05) is 23.3 Å². The Labute approximate surface area is 157 Å². The maximum atomic E-state index is 12.7. The van der Waals surface area contributed by atoms with E-state index in [2.05, 4.69) is 15.3 Å². The Bertz CT molecular complexity index is 1110. The minimum atomic E-state index is -0.138. The Kier molecular flexibility index (Phi) is 4.20. The summed E-state index contributed by atoms with van der Waals surface area (Å²) < 4.78 is 5.78. The van der Waals surface area contributed by atoms with E-state index in [0.717, 1.165) is 27.9 Å². The predicted molar refractivity (Wildman–Crippen MR) is 106 cm³/mol. The van der Waals surface area contributed by atoms with Gasteiger partial charge in [-0.05, 0) is 62.7 Å². The standard InChI is InChI=1S/C22H19N3O2/c1-13-9-14(2)11-17(10-13)21(26)24-18-12-16(7-6-15(18)3)22-25-20-19(27-22)5-4-8-23-20/h4-12H,1-3H3,(H,24,26). The van der Waals surface area contributed by atoms with E-state index < -0.39 is 0 Å². The molecule has 1 amide bonds. The van der Waals surface area contributed by atoms with E-state index >= 15 is 0 Å². The van der Waals surface area contributed by atoms with Crippen molar-refractivity contribution >= 4 is 22.8 Å². The maximum Gasteiger partial charge on any atom is 0.255 e. The zero-order valence-corrected chi connectivity index (χ0v) is 15.4. The lowest BCUT2D eigenvalue weighted by atomic mass is 10.1. The van der Waals surface area contributed by atoms with Crippen LogP contribution in [0.2, 0.25) is 0 Å². The van der Waals surface area contributed by atoms with Gasteiger partial charge in [0.05, 0.1) is 0 Å². The number of carbonyl (C=O) groups is 1. The summed E-state index contributed by atoms with van der Waals surface area (Å²) in [6, 6.07) is 15.2. The van der Waals surface area contributed by atoms with E-state index in [1.807, 2.05) is 69.3 Å². The summed E-state index contributed by atoms with van der Waals surface area (Å²) in [6.45, 7) is 5.92. The molecule has 2 heterocycles. The number of hydrogen-bond donors (Lipinski definition) is 1. The number of aryl methyl sites for hydroxylation is 3. The fourth-order valence-electron chi connectivity index (χ4n) is 3.08. The topological polar surface area (TPSA) is 68.0 Å². The third-order valence-electron chi connectivity index (χ3n) is 4.38. The number of aromatic nitrogens is 2. The molecule has 134 valence electrons. The second kappa shape index (κ2) is 6.68. The van der Waals surface area contributed by atoms with Gasteiger partial charge in [0.15, 0.2) is 11.2 Å². The van der Waals surface area contributed by atoms with Crippen LogP contribution in [0.15, 0.2) is 59.1 Å². The molecule has 0 aliphatic heterocycles. The second-order valence-corrected chi connectivity index (χ2v) is 6.70. The van der Waals surface area contributed by atoms with E-state index in [-0.39, 0.29) is 5.91 Å². The number of anilines is 1. The van der Waals surface area contributed by atoms with Crippen molar-refractivity contribution in [1.82, 2.24) is 9.97 Å². The first-order valence-corrected chi connectivity index (χ1v) is 8.72. The molecule has 0 saturated heterocycles. The van der Waals surface area contributed by atoms with E-state index in [4.69, 9.17) is 4.42 Å². The second-order valence-electron chi connectivity index (χ2n) is 6.70. The van der Waals surface area contributed by atoms with Gasteiger partial charge in [-0.25, -0.2) is 4.98 Å². The van der Waals surface area contributed by atoms with Gasteiger partial charge in [0, 0.05) is 23.0 Å². The van der Waals surface area contributed by atoms with E-state index in [0.29, 0.717) is 22.7 Å². The van der Waals surface area contributed by atoms with Crippen LogP contribution >= 0.6 is 0 Å². The molecular formula is C22H19N3O2. The Balaban J connectivity index is 1.67. The van der Waals surface area contributed by atoms with Crippen LogP contribution in [0, 0.1) is 20.8 Å². The molecule has 0 atom stereocenters. The van der Waals surface area contributed by atoms with Gasteiger partial charge in [-0.15, -0.1) is 0 Å². The minimum Gasteiger partial charge on any atom is -0.434 e. The molecule has 2 aromatic heterocycles. The summed E-state index contributed by atoms with van der Waals surface area (Å²) >= 11 is 0. The van der Waals surface area contributed by atoms with Crippen molar-refractivity contribution in [2.45, 2.75) is 20.8 Å². The van der Waals surface area contributed by atoms with Crippen LogP contribution in [0.25, 0.3) is 22.7 Å². The van der Waals surface area contributed by atoms with Crippen LogP contribution in [0.3, 0.4) is 0 Å². The Morgan fingerprint density at radius 2 is 1.78 bits per heavy atom. The van der Waals surface area contributed by atoms with Crippen molar-refractivity contribution in [2.75, 3.05) is 5.32 Å². The monoisotopic (exact) mass is 357 g/mol. The predicted octanol–water partition coefficient (Wildman–Crippen LogP) is 5.07. The lowest BCUT2D eigenvalue weighted by molar-refractivity contribution is 0.102. The number of amides is 1. The third-order valence-corrected chi connectivity index (χ3v) is 4.38. The summed E-state index contributed by atoms with van der Waals surface area (Å²) in [5, 5.41) is 3.00. The molecule has 0 unspecified atom stereocenters. The van der Waals surface area contributed by atoms with Gasteiger partial charge in [-0.2, -0.15) is 4.98 Å². The van der Waals surface area contributed by atoms with Crippen LogP contribution in [0.5, 0.6) is 0 Å². The Morgan fingerprint density at radius 3 is 2.52 bits per heavy atom. The minimum absolute atomic E-state index is 0.138. The fraction of sp³-hybridized carbons (Fsp3) is 0.136. The van der Waals surface area contributed by atoms with Crippen molar-refractivity contribution in [3.63, 3.8) is 0 Å². The normalized spacial score (nSPS) is 10.9. The van der Waals surface area contributed by atoms with Crippen molar-refractivity contribution in [2.24, 2.45) is 0 Å². The lowest BCUT2D eigenvalue weighted by Crippen LogP contribution is -2.13. The van der Waals surface area contributed by atoms with Gasteiger partial charge in [0.25, 0.3) is 5.91 Å². The molecule has 2 aromatic carbocycles. The van der Waals surface area contributed by atoms with Crippen LogP contribution in [-0.4, -0.2) is 15.9 Å². The van der Waals surface area contributed by atoms with E-state index in [9.17, 15) is 4.79 Å². The highest BCUT2D eigenvalue weighted by atomic mass is 16.3. The first-order chi connectivity index (χ1) is 13.0. The number of fused-ring (bicyclic) bond motifs is 1. The first kappa shape index (κ1) is 17.0. The number of rotatable bonds is 3. The molecule has 0 bridgehead atoms. The zero-order chi connectivity index (χ0) is 19.0. The van der Waals surface area contributed by atoms with Crippen molar-refractivity contribution in [1.29, 1.82) is 0 Å². The highest BCUT2D eigenvalue weighted by Gasteiger charge is 2.13. The summed E-state index contributed by atoms with van der Waals surface area (Å²) in [5.41, 5.74) is 6.44. The molecule has 4 rings (SSSR count). The number of pyridine rings is 1. The average molecular weight is 357 g/mol. The molecule has 0 aliphatic carbocycles. The third kappa shape index (κ3) is 3.44. The Morgan fingerprint density at radius 1 is 1.00 bits per heavy atom. The number of carbonyl (C=O) groups excluding carboxylic acids is 1. The quantitative estimate of drug-likeness (QED) is 0.556. The number of hydrogen-bond acceptors (Lipinski definition) is 4. The van der Waals surface area contributed by atoms with Crippen LogP contribution in [-0.2, 0) is 0 Å². The van der Waals surface area contributed by atoms with Crippen molar-refractivity contribution in [3.05, 3.63) is 77.0 Å². The van der Waals surface area contributed by atoms with Crippen molar-refractivity contribution < 1.29 is 9.21 Å². The molecule has 0 spiro atoms. The summed E-state index contributed by atoms with van der Waals surface area (Å²) in [5.74, 6) is 0.340. The summed E-state index contributed by atoms with van der Waals surface area (Å²) in [7, 11) is 0. The van der Waals surface area contributed by atoms with Gasteiger partial charge in [-0.3, -0.25) is 4.79 Å². The van der Waals surface area contributed by atoms with Crippen molar-refractivity contribution in [3.8, 4) is 11.5 Å². The van der Waals surface area contributed by atoms with Gasteiger partial charge >= 0.3 is 0 Å². The fourth-order valence-corrected chi connectivity index (χ4v) is 3.08. The number of benzene rings is 2. The Hall–Kier alpha value is -3.47. The first-order valence-electron chi connectivity index (χ1n) is 8.72. The SMILES string of the molecule is Cc1cc(C)cc(C(=O)Nc2cc(-c3nc4ncccc4o3)ccc2C)c1. The lowest BCUT2D eigenvalue weighted by Gasteiger charge is -2.11. The molecule has 0 radical (unpaired) electrons. The maximum absolute atomic E-state index is 12.7. The van der Waals surface area contributed by atoms with Crippen LogP contribution in [0.4, 0.5) is 5.69 Å². The zero-order valence-electron chi connectivity index (χ0n) is 15.4. The van der Waals surface area contributed by atoms with Crippen LogP contribution < -0.4 is 5.32 Å². The van der Waals surface area contributed by atoms with Gasteiger partial charge < -0.3 is 9.73 Å². The van der Waals surface area contributed by atoms with E-state index in [1.54, 1.807) is 6.20 Å². The molecule has 0 aliphatic rings. The highest BCUT2D eigenvalue weighted by molar-refractivity contribution is 6.05. The summed E-state index contributed by atoms with van der Waals surface area (Å²) in [4.78, 5) is 21.3. The molecular weight excluding hydrogens is 338 g/mol. The van der Waals surface area contributed by atoms with E-state index in [1.165, 1.54) is 0 Å². The number of oxazole rings is 1. The largest absolute Gasteiger partial charge is 0.434 e. The molecule has 5 heteroatoms. The molecule has 5 nitrogen and oxygen atoms in total. The number of nitrogens with one attached hydrogen (secondary N) is 1. The smallest absolute Gasteiger partial charge is 0.255 e. The average Bonchev–Trinajstić information content (AvgIpc) is 3.07. The van der Waals surface area contributed by atoms with Crippen LogP contribution in [0.1, 0.15) is 27.0 Å². The summed E-state index contributed by atoms with van der Waals surface area (Å²) in [6.07, 6.45) is 1.68. The molecule has 4 aromatic rings. The van der Waals surface area contributed by atoms with Gasteiger partial charge in [0.2, 0.25) is 5.89 Å². The van der Waals surface area contributed by atoms with Gasteiger partial charge in [0.1, 0.15) is 0 Å².